The number of anilines is 1. The molecule has 4 heterocycles. The van der Waals surface area contributed by atoms with Crippen molar-refractivity contribution in [1.82, 2.24) is 10.2 Å². The molecule has 7 aliphatic rings. The van der Waals surface area contributed by atoms with Gasteiger partial charge in [-0.1, -0.05) is 24.3 Å². The van der Waals surface area contributed by atoms with Crippen molar-refractivity contribution < 1.29 is 19.7 Å². The highest BCUT2D eigenvalue weighted by atomic mass is 16.5. The van der Waals surface area contributed by atoms with E-state index in [0.29, 0.717) is 12.2 Å². The number of ether oxygens (including phenoxy) is 1. The molecule has 6 atom stereocenters. The molecule has 3 saturated heterocycles. The third-order valence-electron chi connectivity index (χ3n) is 10.4. The molecule has 4 N–H and O–H groups in total. The number of aliphatic hydroxyl groups is 1. The lowest BCUT2D eigenvalue weighted by Gasteiger charge is -2.73. The number of piperidine rings is 3. The average Bonchev–Trinajstić information content (AvgIpc) is 3.60. The van der Waals surface area contributed by atoms with Gasteiger partial charge in [0.05, 0.1) is 5.41 Å². The van der Waals surface area contributed by atoms with Gasteiger partial charge < -0.3 is 25.6 Å². The lowest BCUT2D eigenvalue weighted by molar-refractivity contribution is -0.233. The normalized spacial score (nSPS) is 39.4. The highest BCUT2D eigenvalue weighted by Gasteiger charge is 2.80. The highest BCUT2D eigenvalue weighted by molar-refractivity contribution is 5.91. The molecule has 2 aromatic carbocycles. The average molecular weight is 488 g/mol. The third-order valence-corrected chi connectivity index (χ3v) is 10.4. The van der Waals surface area contributed by atoms with Gasteiger partial charge in [0.2, 0.25) is 5.91 Å². The van der Waals surface area contributed by atoms with Gasteiger partial charge in [0.1, 0.15) is 11.7 Å². The van der Waals surface area contributed by atoms with E-state index in [1.54, 1.807) is 6.07 Å². The van der Waals surface area contributed by atoms with Crippen LogP contribution < -0.4 is 15.4 Å². The van der Waals surface area contributed by atoms with Crippen LogP contribution in [0.3, 0.4) is 0 Å². The fourth-order valence-electron chi connectivity index (χ4n) is 8.81. The maximum Gasteiger partial charge on any atom is 0.226 e. The molecule has 2 aromatic rings. The van der Waals surface area contributed by atoms with E-state index >= 15 is 0 Å². The number of likely N-dealkylation sites (tertiary alicyclic amines) is 1. The number of benzene rings is 2. The molecule has 7 nitrogen and oxygen atoms in total. The Balaban J connectivity index is 1.22. The summed E-state index contributed by atoms with van der Waals surface area (Å²) in [7, 11) is 0. The molecule has 2 spiro atoms. The standard InChI is InChI=1S/C29H33N3O4/c33-20-9-8-18-14-22-29-11-10-28(35,21(31-29)15-23(34)30-19-4-2-1-3-5-19)26-27(29,24(18)25(20)36-26)12-13-32(22)16-17-6-7-17/h1-5,8-9,17,21-22,26,31,33,35H,6-7,10-16H2,(H,30,34)/t21-,22-,26-,27+,28-,29-/m1/s1. The Labute approximate surface area is 210 Å². The number of rotatable bonds is 5. The molecule has 4 aliphatic heterocycles. The van der Waals surface area contributed by atoms with Crippen LogP contribution in [0.15, 0.2) is 42.5 Å². The minimum absolute atomic E-state index is 0.111. The third kappa shape index (κ3) is 2.56. The number of amides is 1. The number of para-hydroxylation sites is 1. The van der Waals surface area contributed by atoms with Crippen LogP contribution in [0.2, 0.25) is 0 Å². The molecule has 36 heavy (non-hydrogen) atoms. The summed E-state index contributed by atoms with van der Waals surface area (Å²) in [6, 6.07) is 13.2. The van der Waals surface area contributed by atoms with Crippen molar-refractivity contribution in [3.05, 3.63) is 53.6 Å². The Morgan fingerprint density at radius 3 is 2.78 bits per heavy atom. The fraction of sp³-hybridized carbons (Fsp3) is 0.552. The Morgan fingerprint density at radius 1 is 1.14 bits per heavy atom. The molecule has 7 heteroatoms. The number of carbonyl (C=O) groups excluding carboxylic acids is 1. The summed E-state index contributed by atoms with van der Waals surface area (Å²) in [6.45, 7) is 2.10. The monoisotopic (exact) mass is 487 g/mol. The number of hydrogen-bond acceptors (Lipinski definition) is 6. The number of nitrogens with zero attached hydrogens (tertiary/aromatic N) is 1. The number of fused-ring (bicyclic) bond motifs is 2. The molecule has 1 amide bonds. The van der Waals surface area contributed by atoms with Gasteiger partial charge in [-0.05, 0) is 74.8 Å². The maximum absolute atomic E-state index is 13.2. The second-order valence-electron chi connectivity index (χ2n) is 12.1. The van der Waals surface area contributed by atoms with E-state index in [1.807, 2.05) is 30.3 Å². The van der Waals surface area contributed by atoms with E-state index in [4.69, 9.17) is 4.74 Å². The number of aromatic hydroxyl groups is 1. The smallest absolute Gasteiger partial charge is 0.226 e. The predicted octanol–water partition coefficient (Wildman–Crippen LogP) is 2.70. The summed E-state index contributed by atoms with van der Waals surface area (Å²) in [4.78, 5) is 15.9. The fourth-order valence-corrected chi connectivity index (χ4v) is 8.81. The number of hydrogen-bond donors (Lipinski definition) is 4. The van der Waals surface area contributed by atoms with Crippen LogP contribution in [0.1, 0.15) is 49.7 Å². The number of nitrogens with one attached hydrogen (secondary N) is 2. The lowest BCUT2D eigenvalue weighted by Crippen LogP contribution is -2.91. The molecule has 0 aromatic heterocycles. The highest BCUT2D eigenvalue weighted by Crippen LogP contribution is 2.69. The van der Waals surface area contributed by atoms with Gasteiger partial charge in [0.15, 0.2) is 11.5 Å². The number of phenols is 1. The zero-order chi connectivity index (χ0) is 24.3. The zero-order valence-corrected chi connectivity index (χ0v) is 20.4. The number of phenolic OH excluding ortho intramolecular Hbond substituents is 1. The van der Waals surface area contributed by atoms with Gasteiger partial charge in [0, 0.05) is 41.8 Å². The van der Waals surface area contributed by atoms with Crippen molar-refractivity contribution >= 4 is 11.6 Å². The predicted molar refractivity (Wildman–Crippen MR) is 134 cm³/mol. The van der Waals surface area contributed by atoms with Crippen molar-refractivity contribution in [2.24, 2.45) is 5.92 Å². The van der Waals surface area contributed by atoms with E-state index in [0.717, 1.165) is 49.5 Å². The van der Waals surface area contributed by atoms with Gasteiger partial charge in [-0.3, -0.25) is 9.69 Å². The van der Waals surface area contributed by atoms with Crippen molar-refractivity contribution in [1.29, 1.82) is 0 Å². The van der Waals surface area contributed by atoms with Gasteiger partial charge in [-0.2, -0.15) is 0 Å². The van der Waals surface area contributed by atoms with E-state index in [-0.39, 0.29) is 29.7 Å². The first-order chi connectivity index (χ1) is 17.4. The van der Waals surface area contributed by atoms with Gasteiger partial charge in [-0.25, -0.2) is 0 Å². The van der Waals surface area contributed by atoms with Crippen LogP contribution in [0, 0.1) is 5.92 Å². The van der Waals surface area contributed by atoms with E-state index in [1.165, 1.54) is 18.4 Å². The summed E-state index contributed by atoms with van der Waals surface area (Å²) >= 11 is 0. The van der Waals surface area contributed by atoms with Crippen LogP contribution >= 0.6 is 0 Å². The van der Waals surface area contributed by atoms with Crippen molar-refractivity contribution in [3.63, 3.8) is 0 Å². The Bertz CT molecular complexity index is 1260. The zero-order valence-electron chi connectivity index (χ0n) is 20.4. The van der Waals surface area contributed by atoms with Crippen LogP contribution in [0.5, 0.6) is 11.5 Å². The summed E-state index contributed by atoms with van der Waals surface area (Å²) < 4.78 is 6.61. The summed E-state index contributed by atoms with van der Waals surface area (Å²) in [5.74, 6) is 1.40. The second kappa shape index (κ2) is 7.03. The van der Waals surface area contributed by atoms with Crippen LogP contribution in [0.25, 0.3) is 0 Å². The van der Waals surface area contributed by atoms with Gasteiger partial charge in [-0.15, -0.1) is 0 Å². The molecule has 0 radical (unpaired) electrons. The molecule has 9 rings (SSSR count). The summed E-state index contributed by atoms with van der Waals surface area (Å²) in [5.41, 5.74) is 1.25. The van der Waals surface area contributed by atoms with Gasteiger partial charge >= 0.3 is 0 Å². The lowest BCUT2D eigenvalue weighted by atomic mass is 9.41. The first-order valence-corrected chi connectivity index (χ1v) is 13.6. The van der Waals surface area contributed by atoms with E-state index in [2.05, 4.69) is 21.6 Å². The van der Waals surface area contributed by atoms with Crippen molar-refractivity contribution in [2.45, 2.75) is 79.7 Å². The Kier molecular flexibility index (Phi) is 4.19. The second-order valence-corrected chi connectivity index (χ2v) is 12.1. The first kappa shape index (κ1) is 21.5. The molecule has 5 fully saturated rings. The van der Waals surface area contributed by atoms with Crippen molar-refractivity contribution in [3.8, 4) is 11.5 Å². The maximum atomic E-state index is 13.2. The molecule has 188 valence electrons. The van der Waals surface area contributed by atoms with Gasteiger partial charge in [0.25, 0.3) is 0 Å². The largest absolute Gasteiger partial charge is 0.504 e. The molecule has 0 unspecified atom stereocenters. The van der Waals surface area contributed by atoms with E-state index in [9.17, 15) is 15.0 Å². The van der Waals surface area contributed by atoms with Crippen molar-refractivity contribution in [2.75, 3.05) is 18.4 Å². The first-order valence-electron chi connectivity index (χ1n) is 13.6. The molecular weight excluding hydrogens is 454 g/mol. The number of carbonyl (C=O) groups is 1. The molecule has 4 bridgehead atoms. The minimum Gasteiger partial charge on any atom is -0.504 e. The quantitative estimate of drug-likeness (QED) is 0.518. The summed E-state index contributed by atoms with van der Waals surface area (Å²) in [6.07, 6.45) is 5.57. The molecule has 2 saturated carbocycles. The van der Waals surface area contributed by atoms with Crippen LogP contribution in [-0.4, -0.2) is 63.4 Å². The minimum atomic E-state index is -1.20. The Morgan fingerprint density at radius 2 is 1.97 bits per heavy atom. The SMILES string of the molecule is O=C(C[C@H]1N[C@@]23CC[C@]1(O)[C@@H]1Oc4c(O)ccc5c4[C@@]12CCN(CC1CC1)[C@@H]3C5)Nc1ccccc1. The molecular formula is C29H33N3O4. The molecule has 3 aliphatic carbocycles. The van der Waals surface area contributed by atoms with Crippen LogP contribution in [0.4, 0.5) is 5.69 Å². The van der Waals surface area contributed by atoms with Crippen LogP contribution in [-0.2, 0) is 16.6 Å². The topological polar surface area (TPSA) is 94.1 Å². The summed E-state index contributed by atoms with van der Waals surface area (Å²) in [5, 5.41) is 30.1. The van der Waals surface area contributed by atoms with E-state index < -0.39 is 23.2 Å². The Hall–Kier alpha value is -2.61.